The molecule has 0 radical (unpaired) electrons. The van der Waals surface area contributed by atoms with Gasteiger partial charge in [-0.05, 0) is 37.3 Å². The number of nitrogens with one attached hydrogen (secondary N) is 1. The molecule has 1 aromatic rings. The molecule has 7 heteroatoms. The van der Waals surface area contributed by atoms with E-state index in [9.17, 15) is 18.4 Å². The fraction of sp³-hybridized carbons (Fsp3) is 0.579. The molecule has 0 aliphatic carbocycles. The van der Waals surface area contributed by atoms with E-state index >= 15 is 0 Å². The lowest BCUT2D eigenvalue weighted by atomic mass is 9.94. The summed E-state index contributed by atoms with van der Waals surface area (Å²) >= 11 is 0. The summed E-state index contributed by atoms with van der Waals surface area (Å²) in [5.41, 5.74) is 5.58. The number of hydrogen-bond donors (Lipinski definition) is 2. The monoisotopic (exact) mass is 367 g/mol. The van der Waals surface area contributed by atoms with E-state index in [4.69, 9.17) is 5.73 Å². The Kier molecular flexibility index (Phi) is 7.08. The molecular formula is C19H27F2N3O2. The molecule has 0 aromatic heterocycles. The minimum absolute atomic E-state index is 0.0406. The Morgan fingerprint density at radius 1 is 1.27 bits per heavy atom. The van der Waals surface area contributed by atoms with Crippen LogP contribution in [0.5, 0.6) is 0 Å². The minimum Gasteiger partial charge on any atom is -0.352 e. The maximum absolute atomic E-state index is 13.8. The van der Waals surface area contributed by atoms with Crippen LogP contribution in [-0.2, 0) is 4.79 Å². The van der Waals surface area contributed by atoms with Crippen molar-refractivity contribution >= 4 is 11.8 Å². The zero-order valence-electron chi connectivity index (χ0n) is 15.3. The van der Waals surface area contributed by atoms with Gasteiger partial charge in [-0.15, -0.1) is 0 Å². The van der Waals surface area contributed by atoms with Gasteiger partial charge in [0.1, 0.15) is 11.6 Å². The first-order chi connectivity index (χ1) is 12.3. The Balaban J connectivity index is 1.90. The summed E-state index contributed by atoms with van der Waals surface area (Å²) in [6, 6.07) is 2.88. The van der Waals surface area contributed by atoms with Crippen molar-refractivity contribution in [2.24, 2.45) is 17.6 Å². The van der Waals surface area contributed by atoms with Crippen molar-refractivity contribution < 1.29 is 18.4 Å². The first-order valence-corrected chi connectivity index (χ1v) is 9.06. The van der Waals surface area contributed by atoms with Crippen LogP contribution >= 0.6 is 0 Å². The van der Waals surface area contributed by atoms with Crippen LogP contribution in [0.4, 0.5) is 8.78 Å². The second-order valence-corrected chi connectivity index (χ2v) is 7.26. The van der Waals surface area contributed by atoms with Crippen molar-refractivity contribution in [1.82, 2.24) is 10.2 Å². The molecular weight excluding hydrogens is 340 g/mol. The molecule has 2 rings (SSSR count). The standard InChI is InChI=1S/C19H27F2N3O2/c1-12(2)9-15(11-22)23-18(25)13-5-7-24(8-6-13)19(26)16-4-3-14(20)10-17(16)21/h3-4,10,12-13,15H,5-9,11,22H2,1-2H3,(H,23,25). The molecule has 3 N–H and O–H groups in total. The largest absolute Gasteiger partial charge is 0.352 e. The van der Waals surface area contributed by atoms with Crippen LogP contribution in [0.25, 0.3) is 0 Å². The summed E-state index contributed by atoms with van der Waals surface area (Å²) in [7, 11) is 0. The van der Waals surface area contributed by atoms with Crippen molar-refractivity contribution in [3.05, 3.63) is 35.4 Å². The number of hydrogen-bond acceptors (Lipinski definition) is 3. The van der Waals surface area contributed by atoms with Gasteiger partial charge in [-0.1, -0.05) is 13.8 Å². The first kappa shape index (κ1) is 20.3. The van der Waals surface area contributed by atoms with Gasteiger partial charge in [0.2, 0.25) is 5.91 Å². The summed E-state index contributed by atoms with van der Waals surface area (Å²) in [6.45, 7) is 5.28. The van der Waals surface area contributed by atoms with Crippen LogP contribution in [0.1, 0.15) is 43.5 Å². The van der Waals surface area contributed by atoms with Crippen molar-refractivity contribution in [2.75, 3.05) is 19.6 Å². The van der Waals surface area contributed by atoms with Crippen LogP contribution in [0, 0.1) is 23.5 Å². The predicted octanol–water partition coefficient (Wildman–Crippen LogP) is 2.31. The van der Waals surface area contributed by atoms with E-state index in [1.165, 1.54) is 4.90 Å². The fourth-order valence-electron chi connectivity index (χ4n) is 3.28. The van der Waals surface area contributed by atoms with Gasteiger partial charge in [0.05, 0.1) is 5.56 Å². The lowest BCUT2D eigenvalue weighted by Crippen LogP contribution is -2.47. The number of carbonyl (C=O) groups is 2. The summed E-state index contributed by atoms with van der Waals surface area (Å²) in [6.07, 6.45) is 1.85. The summed E-state index contributed by atoms with van der Waals surface area (Å²) in [5, 5.41) is 2.99. The van der Waals surface area contributed by atoms with Crippen LogP contribution < -0.4 is 11.1 Å². The molecule has 1 aromatic carbocycles. The molecule has 0 saturated carbocycles. The SMILES string of the molecule is CC(C)CC(CN)NC(=O)C1CCN(C(=O)c2ccc(F)cc2F)CC1. The third-order valence-corrected chi connectivity index (χ3v) is 4.70. The van der Waals surface area contributed by atoms with Gasteiger partial charge in [0.15, 0.2) is 0 Å². The molecule has 1 atom stereocenters. The quantitative estimate of drug-likeness (QED) is 0.810. The van der Waals surface area contributed by atoms with E-state index in [0.717, 1.165) is 18.6 Å². The average Bonchev–Trinajstić information content (AvgIpc) is 2.60. The van der Waals surface area contributed by atoms with Crippen molar-refractivity contribution in [3.63, 3.8) is 0 Å². The van der Waals surface area contributed by atoms with Crippen molar-refractivity contribution in [1.29, 1.82) is 0 Å². The normalized spacial score (nSPS) is 16.6. The number of piperidine rings is 1. The minimum atomic E-state index is -0.866. The second kappa shape index (κ2) is 9.07. The fourth-order valence-corrected chi connectivity index (χ4v) is 3.28. The molecule has 1 fully saturated rings. The van der Waals surface area contributed by atoms with E-state index in [1.807, 2.05) is 0 Å². The van der Waals surface area contributed by atoms with E-state index in [1.54, 1.807) is 0 Å². The number of likely N-dealkylation sites (tertiary alicyclic amines) is 1. The Hall–Kier alpha value is -2.02. The molecule has 26 heavy (non-hydrogen) atoms. The molecule has 1 aliphatic rings. The van der Waals surface area contributed by atoms with Crippen LogP contribution in [-0.4, -0.2) is 42.4 Å². The Morgan fingerprint density at radius 3 is 2.46 bits per heavy atom. The molecule has 0 spiro atoms. The molecule has 0 bridgehead atoms. The molecule has 1 saturated heterocycles. The lowest BCUT2D eigenvalue weighted by Gasteiger charge is -2.32. The molecule has 1 heterocycles. The van der Waals surface area contributed by atoms with Crippen molar-refractivity contribution in [2.45, 2.75) is 39.2 Å². The highest BCUT2D eigenvalue weighted by atomic mass is 19.1. The highest BCUT2D eigenvalue weighted by Gasteiger charge is 2.29. The number of nitrogens with zero attached hydrogens (tertiary/aromatic N) is 1. The molecule has 1 unspecified atom stereocenters. The Bertz CT molecular complexity index is 644. The summed E-state index contributed by atoms with van der Waals surface area (Å²) < 4.78 is 26.8. The van der Waals surface area contributed by atoms with Gasteiger partial charge in [0, 0.05) is 37.7 Å². The molecule has 1 aliphatic heterocycles. The topological polar surface area (TPSA) is 75.4 Å². The Morgan fingerprint density at radius 2 is 1.92 bits per heavy atom. The summed E-state index contributed by atoms with van der Waals surface area (Å²) in [5.74, 6) is -1.84. The highest BCUT2D eigenvalue weighted by Crippen LogP contribution is 2.21. The van der Waals surface area contributed by atoms with E-state index in [2.05, 4.69) is 19.2 Å². The zero-order chi connectivity index (χ0) is 19.3. The van der Waals surface area contributed by atoms with Gasteiger partial charge >= 0.3 is 0 Å². The first-order valence-electron chi connectivity index (χ1n) is 9.06. The molecule has 2 amide bonds. The van der Waals surface area contributed by atoms with Crippen molar-refractivity contribution in [3.8, 4) is 0 Å². The van der Waals surface area contributed by atoms with Crippen LogP contribution in [0.3, 0.4) is 0 Å². The number of carbonyl (C=O) groups excluding carboxylic acids is 2. The average molecular weight is 367 g/mol. The van der Waals surface area contributed by atoms with E-state index < -0.39 is 17.5 Å². The van der Waals surface area contributed by atoms with Crippen LogP contribution in [0.2, 0.25) is 0 Å². The molecule has 144 valence electrons. The zero-order valence-corrected chi connectivity index (χ0v) is 15.3. The van der Waals surface area contributed by atoms with Crippen LogP contribution in [0.15, 0.2) is 18.2 Å². The van der Waals surface area contributed by atoms with Gasteiger partial charge in [-0.25, -0.2) is 8.78 Å². The lowest BCUT2D eigenvalue weighted by molar-refractivity contribution is -0.127. The van der Waals surface area contributed by atoms with E-state index in [0.29, 0.717) is 44.5 Å². The maximum atomic E-state index is 13.8. The number of benzene rings is 1. The smallest absolute Gasteiger partial charge is 0.256 e. The number of rotatable bonds is 6. The predicted molar refractivity (Wildman–Crippen MR) is 95.4 cm³/mol. The molecule has 5 nitrogen and oxygen atoms in total. The summed E-state index contributed by atoms with van der Waals surface area (Å²) in [4.78, 5) is 26.3. The van der Waals surface area contributed by atoms with Gasteiger partial charge in [-0.3, -0.25) is 9.59 Å². The van der Waals surface area contributed by atoms with E-state index in [-0.39, 0.29) is 23.4 Å². The third-order valence-electron chi connectivity index (χ3n) is 4.70. The third kappa shape index (κ3) is 5.24. The highest BCUT2D eigenvalue weighted by molar-refractivity contribution is 5.94. The number of halogens is 2. The number of nitrogens with two attached hydrogens (primary N) is 1. The maximum Gasteiger partial charge on any atom is 0.256 e. The Labute approximate surface area is 152 Å². The number of amides is 2. The van der Waals surface area contributed by atoms with Gasteiger partial charge < -0.3 is 16.0 Å². The van der Waals surface area contributed by atoms with Gasteiger partial charge in [-0.2, -0.15) is 0 Å². The van der Waals surface area contributed by atoms with Gasteiger partial charge in [0.25, 0.3) is 5.91 Å². The second-order valence-electron chi connectivity index (χ2n) is 7.26.